The fourth-order valence-electron chi connectivity index (χ4n) is 1.81. The predicted molar refractivity (Wildman–Crippen MR) is 78.4 cm³/mol. The molecule has 0 spiro atoms. The molecule has 8 heteroatoms. The van der Waals surface area contributed by atoms with Gasteiger partial charge in [0.1, 0.15) is 0 Å². The summed E-state index contributed by atoms with van der Waals surface area (Å²) in [5, 5.41) is 5.37. The number of hydrogen-bond donors (Lipinski definition) is 2. The van der Waals surface area contributed by atoms with E-state index in [-0.39, 0.29) is 11.5 Å². The number of rotatable bonds is 7. The van der Waals surface area contributed by atoms with Crippen molar-refractivity contribution in [3.63, 3.8) is 0 Å². The van der Waals surface area contributed by atoms with Gasteiger partial charge in [-0.15, -0.1) is 0 Å². The van der Waals surface area contributed by atoms with Gasteiger partial charge in [0, 0.05) is 32.7 Å². The monoisotopic (exact) mass is 304 g/mol. The van der Waals surface area contributed by atoms with Crippen LogP contribution < -0.4 is 10.9 Å². The first-order valence-electron chi connectivity index (χ1n) is 6.66. The topological polar surface area (TPSA) is 106 Å². The summed E-state index contributed by atoms with van der Waals surface area (Å²) < 4.78 is 6.02. The predicted octanol–water partition coefficient (Wildman–Crippen LogP) is 0.139. The molecule has 0 unspecified atom stereocenters. The molecule has 2 heterocycles. The van der Waals surface area contributed by atoms with Gasteiger partial charge in [-0.3, -0.25) is 19.5 Å². The second kappa shape index (κ2) is 7.32. The van der Waals surface area contributed by atoms with Crippen molar-refractivity contribution >= 4 is 12.2 Å². The molecule has 2 N–H and O–H groups in total. The number of aldehydes is 1. The van der Waals surface area contributed by atoms with Crippen LogP contribution in [0.1, 0.15) is 27.1 Å². The first-order chi connectivity index (χ1) is 10.7. The van der Waals surface area contributed by atoms with Crippen LogP contribution in [0.25, 0.3) is 5.82 Å². The van der Waals surface area contributed by atoms with Crippen LogP contribution in [0.5, 0.6) is 0 Å². The van der Waals surface area contributed by atoms with Crippen LogP contribution in [0.3, 0.4) is 0 Å². The molecule has 22 heavy (non-hydrogen) atoms. The minimum Gasteiger partial charge on any atom is -0.385 e. The Balaban J connectivity index is 2.06. The van der Waals surface area contributed by atoms with E-state index >= 15 is 0 Å². The van der Waals surface area contributed by atoms with Gasteiger partial charge < -0.3 is 10.1 Å². The Morgan fingerprint density at radius 1 is 1.50 bits per heavy atom. The average molecular weight is 304 g/mol. The lowest BCUT2D eigenvalue weighted by Crippen LogP contribution is -2.25. The lowest BCUT2D eigenvalue weighted by Gasteiger charge is -2.05. The number of H-pyrrole nitrogens is 1. The highest BCUT2D eigenvalue weighted by Gasteiger charge is 2.10. The molecule has 1 amide bonds. The first-order valence-corrected chi connectivity index (χ1v) is 6.66. The normalized spacial score (nSPS) is 10.4. The summed E-state index contributed by atoms with van der Waals surface area (Å²) in [6.45, 7) is 1.08. The van der Waals surface area contributed by atoms with Gasteiger partial charge in [-0.25, -0.2) is 9.67 Å². The third kappa shape index (κ3) is 3.47. The van der Waals surface area contributed by atoms with Crippen LogP contribution in [-0.2, 0) is 4.74 Å². The van der Waals surface area contributed by atoms with Gasteiger partial charge in [-0.05, 0) is 18.6 Å². The Bertz CT molecular complexity index is 702. The van der Waals surface area contributed by atoms with Gasteiger partial charge in [-0.1, -0.05) is 0 Å². The lowest BCUT2D eigenvalue weighted by atomic mass is 10.2. The molecule has 0 aliphatic heterocycles. The summed E-state index contributed by atoms with van der Waals surface area (Å²) >= 11 is 0. The number of nitrogens with one attached hydrogen (secondary N) is 2. The van der Waals surface area contributed by atoms with Gasteiger partial charge >= 0.3 is 0 Å². The van der Waals surface area contributed by atoms with Crippen LogP contribution >= 0.6 is 0 Å². The fourth-order valence-corrected chi connectivity index (χ4v) is 1.81. The molecular weight excluding hydrogens is 288 g/mol. The van der Waals surface area contributed by atoms with Gasteiger partial charge in [0.25, 0.3) is 11.5 Å². The molecule has 2 aromatic heterocycles. The Morgan fingerprint density at radius 3 is 2.91 bits per heavy atom. The minimum absolute atomic E-state index is 0.0155. The molecule has 0 aromatic carbocycles. The quantitative estimate of drug-likeness (QED) is 0.559. The number of carbonyl (C=O) groups excluding carboxylic acids is 2. The van der Waals surface area contributed by atoms with Crippen LogP contribution in [-0.4, -0.2) is 47.2 Å². The highest BCUT2D eigenvalue weighted by atomic mass is 16.5. The van der Waals surface area contributed by atoms with Crippen molar-refractivity contribution in [3.05, 3.63) is 46.0 Å². The molecule has 0 saturated heterocycles. The maximum atomic E-state index is 11.9. The highest BCUT2D eigenvalue weighted by molar-refractivity contribution is 5.93. The molecule has 0 fully saturated rings. The first kappa shape index (κ1) is 15.6. The zero-order valence-corrected chi connectivity index (χ0v) is 12.0. The number of amides is 1. The summed E-state index contributed by atoms with van der Waals surface area (Å²) in [5.74, 6) is 0.0524. The van der Waals surface area contributed by atoms with E-state index in [0.717, 1.165) is 11.1 Å². The Hall–Kier alpha value is -2.74. The molecule has 0 aliphatic rings. The third-order valence-corrected chi connectivity index (χ3v) is 2.98. The van der Waals surface area contributed by atoms with Gasteiger partial charge in [0.2, 0.25) is 0 Å². The third-order valence-electron chi connectivity index (χ3n) is 2.98. The van der Waals surface area contributed by atoms with E-state index < -0.39 is 5.56 Å². The van der Waals surface area contributed by atoms with Crippen molar-refractivity contribution in [2.24, 2.45) is 0 Å². The van der Waals surface area contributed by atoms with Crippen LogP contribution in [0.4, 0.5) is 0 Å². The summed E-state index contributed by atoms with van der Waals surface area (Å²) in [7, 11) is 1.60. The molecule has 2 rings (SSSR count). The molecule has 2 aromatic rings. The number of nitrogens with zero attached hydrogens (tertiary/aromatic N) is 2. The number of carbonyl (C=O) groups is 2. The number of pyridine rings is 1. The maximum Gasteiger partial charge on any atom is 0.283 e. The standard InChI is InChI=1S/C14H16N4O4/c1-22-6-2-5-15-13(20)10-3-4-12(16-7-10)18-14(21)11(9-19)8-17-18/h3-4,7-9,17H,2,5-6H2,1H3,(H,15,20). The number of hydrogen-bond acceptors (Lipinski definition) is 5. The van der Waals surface area contributed by atoms with E-state index in [1.165, 1.54) is 18.5 Å². The largest absolute Gasteiger partial charge is 0.385 e. The van der Waals surface area contributed by atoms with E-state index in [9.17, 15) is 14.4 Å². The maximum absolute atomic E-state index is 11.9. The molecule has 0 bridgehead atoms. The summed E-state index contributed by atoms with van der Waals surface area (Å²) in [5.41, 5.74) is -0.0857. The van der Waals surface area contributed by atoms with Crippen LogP contribution in [0, 0.1) is 0 Å². The smallest absolute Gasteiger partial charge is 0.283 e. The van der Waals surface area contributed by atoms with Gasteiger partial charge in [0.15, 0.2) is 12.1 Å². The molecule has 8 nitrogen and oxygen atoms in total. The van der Waals surface area contributed by atoms with E-state index in [1.807, 2.05) is 0 Å². The molecule has 0 saturated carbocycles. The number of methoxy groups -OCH3 is 1. The van der Waals surface area contributed by atoms with Gasteiger partial charge in [0.05, 0.1) is 11.1 Å². The van der Waals surface area contributed by atoms with Crippen LogP contribution in [0.15, 0.2) is 29.3 Å². The zero-order valence-electron chi connectivity index (χ0n) is 12.0. The molecule has 116 valence electrons. The van der Waals surface area contributed by atoms with Crippen molar-refractivity contribution < 1.29 is 14.3 Å². The minimum atomic E-state index is -0.487. The van der Waals surface area contributed by atoms with E-state index in [1.54, 1.807) is 13.2 Å². The molecule has 0 radical (unpaired) electrons. The van der Waals surface area contributed by atoms with E-state index in [2.05, 4.69) is 15.4 Å². The van der Waals surface area contributed by atoms with E-state index in [0.29, 0.717) is 30.8 Å². The summed E-state index contributed by atoms with van der Waals surface area (Å²) in [6, 6.07) is 3.08. The Labute approximate surface area is 126 Å². The van der Waals surface area contributed by atoms with Crippen molar-refractivity contribution in [1.29, 1.82) is 0 Å². The van der Waals surface area contributed by atoms with Crippen molar-refractivity contribution in [2.45, 2.75) is 6.42 Å². The van der Waals surface area contributed by atoms with Crippen LogP contribution in [0.2, 0.25) is 0 Å². The van der Waals surface area contributed by atoms with E-state index in [4.69, 9.17) is 4.74 Å². The molecule has 0 atom stereocenters. The fraction of sp³-hybridized carbons (Fsp3) is 0.286. The Kier molecular flexibility index (Phi) is 5.21. The number of aromatic nitrogens is 3. The number of aromatic amines is 1. The van der Waals surface area contributed by atoms with Gasteiger partial charge in [-0.2, -0.15) is 0 Å². The summed E-state index contributed by atoms with van der Waals surface area (Å²) in [4.78, 5) is 38.3. The van der Waals surface area contributed by atoms with Crippen molar-refractivity contribution in [1.82, 2.24) is 20.1 Å². The van der Waals surface area contributed by atoms with Crippen molar-refractivity contribution in [2.75, 3.05) is 20.3 Å². The zero-order chi connectivity index (χ0) is 15.9. The Morgan fingerprint density at radius 2 is 2.32 bits per heavy atom. The second-order valence-corrected chi connectivity index (χ2v) is 4.49. The number of ether oxygens (including phenoxy) is 1. The highest BCUT2D eigenvalue weighted by Crippen LogP contribution is 2.03. The summed E-state index contributed by atoms with van der Waals surface area (Å²) in [6.07, 6.45) is 3.86. The lowest BCUT2D eigenvalue weighted by molar-refractivity contribution is 0.0948. The van der Waals surface area contributed by atoms with Crippen molar-refractivity contribution in [3.8, 4) is 5.82 Å². The molecular formula is C14H16N4O4. The average Bonchev–Trinajstić information content (AvgIpc) is 2.92. The second-order valence-electron chi connectivity index (χ2n) is 4.49. The molecule has 0 aliphatic carbocycles. The SMILES string of the molecule is COCCCNC(=O)c1ccc(-n2[nH]cc(C=O)c2=O)nc1.